The van der Waals surface area contributed by atoms with Gasteiger partial charge in [0.2, 0.25) is 6.41 Å². The van der Waals surface area contributed by atoms with Crippen LogP contribution in [0.3, 0.4) is 0 Å². The number of carbonyl (C=O) groups is 1. The minimum atomic E-state index is 0.323. The fourth-order valence-electron chi connectivity index (χ4n) is 2.49. The van der Waals surface area contributed by atoms with Gasteiger partial charge in [0.05, 0.1) is 0 Å². The van der Waals surface area contributed by atoms with Crippen molar-refractivity contribution in [3.05, 3.63) is 47.5 Å². The third-order valence-electron chi connectivity index (χ3n) is 3.47. The maximum atomic E-state index is 10.5. The van der Waals surface area contributed by atoms with Crippen LogP contribution in [0, 0.1) is 0 Å². The molecule has 0 saturated heterocycles. The molecule has 0 radical (unpaired) electrons. The Kier molecular flexibility index (Phi) is 4.53. The Labute approximate surface area is 108 Å². The highest BCUT2D eigenvalue weighted by Gasteiger charge is 2.22. The maximum Gasteiger partial charge on any atom is 0.207 e. The minimum absolute atomic E-state index is 0.323. The summed E-state index contributed by atoms with van der Waals surface area (Å²) in [5, 5.41) is 2.80. The standard InChI is InChI=1S/C15H20N2O/c1-13-6-5-9-17(15(13)10-16-12-18)11-14-7-3-2-4-8-14/h2-4,6-8,12,15H,5,9-11H2,1H3,(H,16,18). The first-order chi connectivity index (χ1) is 8.81. The molecule has 1 heterocycles. The maximum absolute atomic E-state index is 10.5. The molecule has 1 aromatic rings. The van der Waals surface area contributed by atoms with Crippen LogP contribution in [-0.4, -0.2) is 30.4 Å². The molecule has 0 spiro atoms. The Hall–Kier alpha value is -1.61. The van der Waals surface area contributed by atoms with Crippen molar-refractivity contribution < 1.29 is 4.79 Å². The van der Waals surface area contributed by atoms with Crippen molar-refractivity contribution >= 4 is 6.41 Å². The fraction of sp³-hybridized carbons (Fsp3) is 0.400. The van der Waals surface area contributed by atoms with Gasteiger partial charge in [-0.1, -0.05) is 42.0 Å². The summed E-state index contributed by atoms with van der Waals surface area (Å²) in [6.45, 7) is 4.83. The van der Waals surface area contributed by atoms with Gasteiger partial charge >= 0.3 is 0 Å². The van der Waals surface area contributed by atoms with E-state index in [1.165, 1.54) is 11.1 Å². The van der Waals surface area contributed by atoms with E-state index in [4.69, 9.17) is 0 Å². The molecule has 1 aliphatic heterocycles. The summed E-state index contributed by atoms with van der Waals surface area (Å²) in [6.07, 6.45) is 4.15. The summed E-state index contributed by atoms with van der Waals surface area (Å²) in [5.74, 6) is 0. The molecule has 1 atom stereocenters. The van der Waals surface area contributed by atoms with Gasteiger partial charge in [-0.2, -0.15) is 0 Å². The Morgan fingerprint density at radius 3 is 2.89 bits per heavy atom. The van der Waals surface area contributed by atoms with Crippen molar-refractivity contribution in [1.29, 1.82) is 0 Å². The van der Waals surface area contributed by atoms with Crippen LogP contribution >= 0.6 is 0 Å². The summed E-state index contributed by atoms with van der Waals surface area (Å²) in [6, 6.07) is 10.8. The molecule has 0 bridgehead atoms. The Balaban J connectivity index is 2.05. The number of carbonyl (C=O) groups excluding carboxylic acids is 1. The van der Waals surface area contributed by atoms with E-state index in [0.717, 1.165) is 25.9 Å². The van der Waals surface area contributed by atoms with Crippen LogP contribution in [0.2, 0.25) is 0 Å². The van der Waals surface area contributed by atoms with E-state index < -0.39 is 0 Å². The summed E-state index contributed by atoms with van der Waals surface area (Å²) >= 11 is 0. The molecular weight excluding hydrogens is 224 g/mol. The Morgan fingerprint density at radius 2 is 2.17 bits per heavy atom. The predicted octanol–water partition coefficient (Wildman–Crippen LogP) is 1.95. The number of benzene rings is 1. The fourth-order valence-corrected chi connectivity index (χ4v) is 2.49. The Morgan fingerprint density at radius 1 is 1.39 bits per heavy atom. The molecule has 3 heteroatoms. The molecule has 1 amide bonds. The first-order valence-electron chi connectivity index (χ1n) is 6.43. The van der Waals surface area contributed by atoms with E-state index in [9.17, 15) is 4.79 Å². The molecule has 1 aromatic carbocycles. The first-order valence-corrected chi connectivity index (χ1v) is 6.43. The van der Waals surface area contributed by atoms with Crippen molar-refractivity contribution in [3.63, 3.8) is 0 Å². The summed E-state index contributed by atoms with van der Waals surface area (Å²) < 4.78 is 0. The molecule has 1 aliphatic rings. The van der Waals surface area contributed by atoms with Gasteiger partial charge < -0.3 is 5.32 Å². The van der Waals surface area contributed by atoms with Crippen molar-refractivity contribution in [1.82, 2.24) is 10.2 Å². The van der Waals surface area contributed by atoms with Crippen LogP contribution < -0.4 is 5.32 Å². The summed E-state index contributed by atoms with van der Waals surface area (Å²) in [4.78, 5) is 12.9. The second-order valence-corrected chi connectivity index (χ2v) is 4.73. The SMILES string of the molecule is CC1=CCCN(Cc2ccccc2)C1CNC=O. The molecule has 2 rings (SSSR count). The van der Waals surface area contributed by atoms with E-state index >= 15 is 0 Å². The number of amides is 1. The lowest BCUT2D eigenvalue weighted by atomic mass is 10.00. The largest absolute Gasteiger partial charge is 0.357 e. The van der Waals surface area contributed by atoms with Gasteiger partial charge in [0.25, 0.3) is 0 Å². The van der Waals surface area contributed by atoms with Crippen LogP contribution in [0.4, 0.5) is 0 Å². The molecule has 1 unspecified atom stereocenters. The van der Waals surface area contributed by atoms with Gasteiger partial charge in [-0.3, -0.25) is 9.69 Å². The molecule has 0 saturated carbocycles. The normalized spacial score (nSPS) is 20.3. The van der Waals surface area contributed by atoms with Crippen LogP contribution in [0.25, 0.3) is 0 Å². The monoisotopic (exact) mass is 244 g/mol. The van der Waals surface area contributed by atoms with Gasteiger partial charge in [0.15, 0.2) is 0 Å². The smallest absolute Gasteiger partial charge is 0.207 e. The van der Waals surface area contributed by atoms with Crippen LogP contribution in [0.15, 0.2) is 42.0 Å². The molecule has 0 aromatic heterocycles. The van der Waals surface area contributed by atoms with Gasteiger partial charge in [0, 0.05) is 25.7 Å². The highest BCUT2D eigenvalue weighted by molar-refractivity contribution is 5.46. The van der Waals surface area contributed by atoms with Crippen LogP contribution in [0.1, 0.15) is 18.9 Å². The van der Waals surface area contributed by atoms with Crippen molar-refractivity contribution in [2.45, 2.75) is 25.9 Å². The molecule has 0 fully saturated rings. The Bertz CT molecular complexity index is 414. The lowest BCUT2D eigenvalue weighted by Gasteiger charge is -2.35. The molecule has 0 aliphatic carbocycles. The number of nitrogens with zero attached hydrogens (tertiary/aromatic N) is 1. The topological polar surface area (TPSA) is 32.3 Å². The zero-order valence-electron chi connectivity index (χ0n) is 10.8. The van der Waals surface area contributed by atoms with Crippen LogP contribution in [0.5, 0.6) is 0 Å². The van der Waals surface area contributed by atoms with Gasteiger partial charge in [-0.15, -0.1) is 0 Å². The highest BCUT2D eigenvalue weighted by atomic mass is 16.1. The average molecular weight is 244 g/mol. The average Bonchev–Trinajstić information content (AvgIpc) is 2.39. The zero-order valence-corrected chi connectivity index (χ0v) is 10.8. The third-order valence-corrected chi connectivity index (χ3v) is 3.47. The van der Waals surface area contributed by atoms with E-state index in [1.807, 2.05) is 6.07 Å². The molecule has 18 heavy (non-hydrogen) atoms. The quantitative estimate of drug-likeness (QED) is 0.634. The number of hydrogen-bond donors (Lipinski definition) is 1. The van der Waals surface area contributed by atoms with Gasteiger partial charge in [-0.05, 0) is 18.9 Å². The van der Waals surface area contributed by atoms with E-state index in [-0.39, 0.29) is 0 Å². The number of nitrogens with one attached hydrogen (secondary N) is 1. The summed E-state index contributed by atoms with van der Waals surface area (Å²) in [7, 11) is 0. The van der Waals surface area contributed by atoms with Crippen LogP contribution in [-0.2, 0) is 11.3 Å². The summed E-state index contributed by atoms with van der Waals surface area (Å²) in [5.41, 5.74) is 2.68. The molecule has 96 valence electrons. The van der Waals surface area contributed by atoms with E-state index in [2.05, 4.69) is 47.5 Å². The minimum Gasteiger partial charge on any atom is -0.357 e. The van der Waals surface area contributed by atoms with Crippen molar-refractivity contribution in [2.75, 3.05) is 13.1 Å². The van der Waals surface area contributed by atoms with Gasteiger partial charge in [0.1, 0.15) is 0 Å². The van der Waals surface area contributed by atoms with Crippen molar-refractivity contribution in [3.8, 4) is 0 Å². The lowest BCUT2D eigenvalue weighted by molar-refractivity contribution is -0.109. The second kappa shape index (κ2) is 6.36. The molecular formula is C15H20N2O. The highest BCUT2D eigenvalue weighted by Crippen LogP contribution is 2.19. The van der Waals surface area contributed by atoms with Crippen molar-refractivity contribution in [2.24, 2.45) is 0 Å². The van der Waals surface area contributed by atoms with E-state index in [1.54, 1.807) is 0 Å². The third kappa shape index (κ3) is 3.20. The zero-order chi connectivity index (χ0) is 12.8. The van der Waals surface area contributed by atoms with E-state index in [0.29, 0.717) is 12.6 Å². The number of hydrogen-bond acceptors (Lipinski definition) is 2. The molecule has 1 N–H and O–H groups in total. The second-order valence-electron chi connectivity index (χ2n) is 4.73. The first kappa shape index (κ1) is 12.8. The predicted molar refractivity (Wildman–Crippen MR) is 73.1 cm³/mol. The lowest BCUT2D eigenvalue weighted by Crippen LogP contribution is -2.44. The van der Waals surface area contributed by atoms with Gasteiger partial charge in [-0.25, -0.2) is 0 Å². The molecule has 3 nitrogen and oxygen atoms in total. The number of rotatable bonds is 5.